The lowest BCUT2D eigenvalue weighted by Crippen LogP contribution is -2.21. The van der Waals surface area contributed by atoms with Crippen molar-refractivity contribution in [1.82, 2.24) is 4.57 Å². The number of fused-ring (bicyclic) bond motifs is 1. The Morgan fingerprint density at radius 2 is 1.92 bits per heavy atom. The third-order valence-electron chi connectivity index (χ3n) is 3.99. The van der Waals surface area contributed by atoms with E-state index in [9.17, 15) is 9.59 Å². The van der Waals surface area contributed by atoms with Gasteiger partial charge in [-0.25, -0.2) is 4.79 Å². The molecule has 1 amide bonds. The fraction of sp³-hybridized carbons (Fsp3) is 0.158. The van der Waals surface area contributed by atoms with E-state index in [0.717, 1.165) is 16.5 Å². The number of rotatable bonds is 4. The lowest BCUT2D eigenvalue weighted by Gasteiger charge is -2.09. The van der Waals surface area contributed by atoms with Crippen LogP contribution in [0, 0.1) is 6.92 Å². The normalized spacial score (nSPS) is 10.7. The number of aryl methyl sites for hydroxylation is 1. The Morgan fingerprint density at radius 1 is 1.16 bits per heavy atom. The molecule has 128 valence electrons. The molecule has 1 aromatic heterocycles. The molecule has 5 nitrogen and oxygen atoms in total. The Morgan fingerprint density at radius 3 is 2.72 bits per heavy atom. The summed E-state index contributed by atoms with van der Waals surface area (Å²) in [6.45, 7) is 1.44. The molecule has 0 spiro atoms. The van der Waals surface area contributed by atoms with Gasteiger partial charge in [0.2, 0.25) is 0 Å². The number of nitrogens with zero attached hydrogens (tertiary/aromatic N) is 1. The van der Waals surface area contributed by atoms with Crippen LogP contribution in [0.3, 0.4) is 0 Å². The summed E-state index contributed by atoms with van der Waals surface area (Å²) in [7, 11) is 1.85. The molecule has 1 heterocycles. The second-order valence-electron chi connectivity index (χ2n) is 5.71. The van der Waals surface area contributed by atoms with Gasteiger partial charge in [-0.05, 0) is 30.7 Å². The van der Waals surface area contributed by atoms with Crippen molar-refractivity contribution in [3.05, 3.63) is 64.8 Å². The van der Waals surface area contributed by atoms with Crippen LogP contribution in [0.25, 0.3) is 10.9 Å². The number of aromatic nitrogens is 1. The number of para-hydroxylation sites is 1. The summed E-state index contributed by atoms with van der Waals surface area (Å²) >= 11 is 6.02. The number of nitrogens with one attached hydrogen (secondary N) is 1. The molecule has 1 N–H and O–H groups in total. The van der Waals surface area contributed by atoms with Gasteiger partial charge in [-0.1, -0.05) is 35.9 Å². The Hall–Kier alpha value is -2.79. The maximum absolute atomic E-state index is 12.3. The molecule has 0 unspecified atom stereocenters. The first-order valence-corrected chi connectivity index (χ1v) is 8.11. The highest BCUT2D eigenvalue weighted by Crippen LogP contribution is 2.23. The zero-order valence-corrected chi connectivity index (χ0v) is 14.6. The van der Waals surface area contributed by atoms with E-state index in [1.807, 2.05) is 35.9 Å². The van der Waals surface area contributed by atoms with Crippen molar-refractivity contribution in [2.24, 2.45) is 7.05 Å². The van der Waals surface area contributed by atoms with E-state index in [1.165, 1.54) is 0 Å². The number of amides is 1. The quantitative estimate of drug-likeness (QED) is 0.720. The minimum Gasteiger partial charge on any atom is -0.452 e. The molecule has 25 heavy (non-hydrogen) atoms. The monoisotopic (exact) mass is 356 g/mol. The molecule has 0 aliphatic heterocycles. The van der Waals surface area contributed by atoms with Crippen molar-refractivity contribution >= 4 is 40.1 Å². The summed E-state index contributed by atoms with van der Waals surface area (Å²) in [6.07, 6.45) is 1.70. The van der Waals surface area contributed by atoms with Gasteiger partial charge in [-0.15, -0.1) is 0 Å². The molecule has 0 radical (unpaired) electrons. The lowest BCUT2D eigenvalue weighted by molar-refractivity contribution is -0.119. The second kappa shape index (κ2) is 6.99. The molecule has 2 aromatic carbocycles. The van der Waals surface area contributed by atoms with Crippen LogP contribution in [0.15, 0.2) is 48.7 Å². The van der Waals surface area contributed by atoms with E-state index in [2.05, 4.69) is 5.32 Å². The fourth-order valence-electron chi connectivity index (χ4n) is 2.64. The highest BCUT2D eigenvalue weighted by molar-refractivity contribution is 6.31. The Labute approximate surface area is 150 Å². The van der Waals surface area contributed by atoms with Crippen molar-refractivity contribution < 1.29 is 14.3 Å². The molecule has 0 aliphatic rings. The average molecular weight is 357 g/mol. The maximum Gasteiger partial charge on any atom is 0.340 e. The smallest absolute Gasteiger partial charge is 0.340 e. The summed E-state index contributed by atoms with van der Waals surface area (Å²) in [5, 5.41) is 4.05. The van der Waals surface area contributed by atoms with Gasteiger partial charge in [0, 0.05) is 34.9 Å². The van der Waals surface area contributed by atoms with Crippen LogP contribution in [0.2, 0.25) is 5.02 Å². The van der Waals surface area contributed by atoms with Crippen LogP contribution in [-0.4, -0.2) is 23.1 Å². The number of hydrogen-bond donors (Lipinski definition) is 1. The van der Waals surface area contributed by atoms with Crippen molar-refractivity contribution in [3.8, 4) is 0 Å². The summed E-state index contributed by atoms with van der Waals surface area (Å²) in [5.41, 5.74) is 2.72. The van der Waals surface area contributed by atoms with Crippen molar-refractivity contribution in [2.45, 2.75) is 6.92 Å². The van der Waals surface area contributed by atoms with Crippen LogP contribution < -0.4 is 5.32 Å². The average Bonchev–Trinajstić information content (AvgIpc) is 2.94. The van der Waals surface area contributed by atoms with Crippen molar-refractivity contribution in [3.63, 3.8) is 0 Å². The molecule has 6 heteroatoms. The van der Waals surface area contributed by atoms with Crippen molar-refractivity contribution in [2.75, 3.05) is 11.9 Å². The zero-order chi connectivity index (χ0) is 18.0. The Bertz CT molecular complexity index is 962. The fourth-order valence-corrected chi connectivity index (χ4v) is 2.82. The highest BCUT2D eigenvalue weighted by Gasteiger charge is 2.16. The first-order chi connectivity index (χ1) is 12.0. The van der Waals surface area contributed by atoms with Gasteiger partial charge in [0.15, 0.2) is 6.61 Å². The first kappa shape index (κ1) is 17.0. The molecule has 3 aromatic rings. The van der Waals surface area contributed by atoms with Gasteiger partial charge in [0.1, 0.15) is 0 Å². The molecule has 0 saturated heterocycles. The molecule has 0 aliphatic carbocycles. The van der Waals surface area contributed by atoms with E-state index >= 15 is 0 Å². The highest BCUT2D eigenvalue weighted by atomic mass is 35.5. The first-order valence-electron chi connectivity index (χ1n) is 7.73. The number of hydrogen-bond acceptors (Lipinski definition) is 3. The number of carbonyl (C=O) groups excluding carboxylic acids is 2. The maximum atomic E-state index is 12.3. The van der Waals surface area contributed by atoms with E-state index in [-0.39, 0.29) is 6.61 Å². The van der Waals surface area contributed by atoms with Crippen LogP contribution in [0.4, 0.5) is 5.69 Å². The van der Waals surface area contributed by atoms with Crippen molar-refractivity contribution in [1.29, 1.82) is 0 Å². The second-order valence-corrected chi connectivity index (χ2v) is 6.11. The molecule has 0 atom stereocenters. The number of carbonyl (C=O) groups is 2. The lowest BCUT2D eigenvalue weighted by atomic mass is 10.2. The summed E-state index contributed by atoms with van der Waals surface area (Å²) in [6, 6.07) is 12.7. The number of halogens is 1. The van der Waals surface area contributed by atoms with Gasteiger partial charge in [-0.3, -0.25) is 4.79 Å². The van der Waals surface area contributed by atoms with E-state index in [1.54, 1.807) is 31.3 Å². The minimum absolute atomic E-state index is 0.367. The summed E-state index contributed by atoms with van der Waals surface area (Å²) < 4.78 is 7.00. The number of benzene rings is 2. The van der Waals surface area contributed by atoms with Gasteiger partial charge < -0.3 is 14.6 Å². The topological polar surface area (TPSA) is 60.3 Å². The van der Waals surface area contributed by atoms with E-state index in [4.69, 9.17) is 16.3 Å². The predicted octanol–water partition coefficient (Wildman–Crippen LogP) is 3.94. The Balaban J connectivity index is 1.67. The minimum atomic E-state index is -0.533. The van der Waals surface area contributed by atoms with E-state index < -0.39 is 11.9 Å². The summed E-state index contributed by atoms with van der Waals surface area (Å²) in [4.78, 5) is 24.4. The van der Waals surface area contributed by atoms with E-state index in [0.29, 0.717) is 16.3 Å². The summed E-state index contributed by atoms with van der Waals surface area (Å²) in [5.74, 6) is -0.950. The zero-order valence-electron chi connectivity index (χ0n) is 13.9. The number of ether oxygens (including phenoxy) is 1. The number of anilines is 1. The Kier molecular flexibility index (Phi) is 4.76. The molecular formula is C19H17ClN2O3. The SMILES string of the molecule is Cc1c(Cl)cccc1NC(=O)COC(=O)c1cn(C)c2ccccc12. The van der Waals surface area contributed by atoms with Crippen LogP contribution in [0.1, 0.15) is 15.9 Å². The third-order valence-corrected chi connectivity index (χ3v) is 4.40. The largest absolute Gasteiger partial charge is 0.452 e. The van der Waals surface area contributed by atoms with Crippen LogP contribution in [0.5, 0.6) is 0 Å². The third kappa shape index (κ3) is 3.51. The van der Waals surface area contributed by atoms with Gasteiger partial charge >= 0.3 is 5.97 Å². The standard InChI is InChI=1S/C19H17ClN2O3/c1-12-15(20)7-5-8-16(12)21-18(23)11-25-19(24)14-10-22(2)17-9-4-3-6-13(14)17/h3-10H,11H2,1-2H3,(H,21,23). The molecular weight excluding hydrogens is 340 g/mol. The number of esters is 1. The van der Waals surface area contributed by atoms with Gasteiger partial charge in [0.05, 0.1) is 5.56 Å². The van der Waals surface area contributed by atoms with Crippen LogP contribution in [-0.2, 0) is 16.6 Å². The molecule has 0 saturated carbocycles. The van der Waals surface area contributed by atoms with Gasteiger partial charge in [0.25, 0.3) is 5.91 Å². The molecule has 0 fully saturated rings. The van der Waals surface area contributed by atoms with Crippen LogP contribution >= 0.6 is 11.6 Å². The van der Waals surface area contributed by atoms with Gasteiger partial charge in [-0.2, -0.15) is 0 Å². The molecule has 3 rings (SSSR count). The molecule has 0 bridgehead atoms. The predicted molar refractivity (Wildman–Crippen MR) is 98.0 cm³/mol.